The quantitative estimate of drug-likeness (QED) is 0.745. The van der Waals surface area contributed by atoms with Gasteiger partial charge >= 0.3 is 12.1 Å². The largest absolute Gasteiger partial charge is 0.490 e. The minimum Gasteiger partial charge on any atom is -0.490 e. The maximum Gasteiger partial charge on any atom is 0.391 e. The van der Waals surface area contributed by atoms with E-state index in [0.29, 0.717) is 5.75 Å². The SMILES string of the molecule is CC(C)=CCOc1cccc(C(=O)NC(CC(F)(F)F)C(=O)O)c1. The fourth-order valence-corrected chi connectivity index (χ4v) is 1.70. The molecule has 8 heteroatoms. The van der Waals surface area contributed by atoms with Crippen LogP contribution in [0.1, 0.15) is 30.6 Å². The first-order chi connectivity index (χ1) is 11.1. The topological polar surface area (TPSA) is 75.6 Å². The third-order valence-corrected chi connectivity index (χ3v) is 2.88. The Balaban J connectivity index is 2.79. The Kier molecular flexibility index (Phi) is 6.82. The summed E-state index contributed by atoms with van der Waals surface area (Å²) in [7, 11) is 0. The van der Waals surface area contributed by atoms with Gasteiger partial charge in [-0.15, -0.1) is 0 Å². The third kappa shape index (κ3) is 7.17. The molecule has 1 aromatic rings. The van der Waals surface area contributed by atoms with Crippen LogP contribution in [0.25, 0.3) is 0 Å². The van der Waals surface area contributed by atoms with Crippen molar-refractivity contribution in [2.75, 3.05) is 6.61 Å². The van der Waals surface area contributed by atoms with Crippen molar-refractivity contribution in [2.24, 2.45) is 0 Å². The molecule has 1 atom stereocenters. The van der Waals surface area contributed by atoms with E-state index in [2.05, 4.69) is 0 Å². The van der Waals surface area contributed by atoms with Crippen LogP contribution < -0.4 is 10.1 Å². The molecule has 0 bridgehead atoms. The summed E-state index contributed by atoms with van der Waals surface area (Å²) in [5.41, 5.74) is 1.05. The van der Waals surface area contributed by atoms with Gasteiger partial charge in [0, 0.05) is 5.56 Å². The van der Waals surface area contributed by atoms with Crippen LogP contribution >= 0.6 is 0 Å². The molecule has 0 spiro atoms. The van der Waals surface area contributed by atoms with Gasteiger partial charge in [-0.3, -0.25) is 4.79 Å². The molecule has 1 unspecified atom stereocenters. The van der Waals surface area contributed by atoms with Crippen LogP contribution in [0.2, 0.25) is 0 Å². The number of carbonyl (C=O) groups excluding carboxylic acids is 1. The van der Waals surface area contributed by atoms with Gasteiger partial charge in [0.15, 0.2) is 0 Å². The summed E-state index contributed by atoms with van der Waals surface area (Å²) in [6, 6.07) is 3.72. The number of benzene rings is 1. The van der Waals surface area contributed by atoms with Gasteiger partial charge in [-0.05, 0) is 38.1 Å². The number of carboxylic acids is 1. The number of rotatable bonds is 7. The van der Waals surface area contributed by atoms with Crippen LogP contribution in [0.3, 0.4) is 0 Å². The van der Waals surface area contributed by atoms with Gasteiger partial charge in [0.05, 0.1) is 6.42 Å². The Morgan fingerprint density at radius 2 is 2.00 bits per heavy atom. The number of ether oxygens (including phenoxy) is 1. The second-order valence-electron chi connectivity index (χ2n) is 5.30. The lowest BCUT2D eigenvalue weighted by Crippen LogP contribution is -2.43. The van der Waals surface area contributed by atoms with E-state index in [0.717, 1.165) is 5.57 Å². The lowest BCUT2D eigenvalue weighted by molar-refractivity contribution is -0.157. The molecule has 24 heavy (non-hydrogen) atoms. The van der Waals surface area contributed by atoms with Crippen molar-refractivity contribution in [3.05, 3.63) is 41.5 Å². The molecule has 0 saturated carbocycles. The molecular formula is C16H18F3NO4. The van der Waals surface area contributed by atoms with Crippen molar-refractivity contribution >= 4 is 11.9 Å². The maximum absolute atomic E-state index is 12.3. The summed E-state index contributed by atoms with van der Waals surface area (Å²) < 4.78 is 42.4. The summed E-state index contributed by atoms with van der Waals surface area (Å²) in [5.74, 6) is -2.32. The lowest BCUT2D eigenvalue weighted by Gasteiger charge is -2.16. The van der Waals surface area contributed by atoms with Crippen molar-refractivity contribution in [2.45, 2.75) is 32.5 Å². The predicted octanol–water partition coefficient (Wildman–Crippen LogP) is 3.17. The van der Waals surface area contributed by atoms with E-state index in [1.54, 1.807) is 6.07 Å². The number of hydrogen-bond acceptors (Lipinski definition) is 3. The van der Waals surface area contributed by atoms with E-state index in [9.17, 15) is 22.8 Å². The molecule has 1 amide bonds. The average molecular weight is 345 g/mol. The molecule has 132 valence electrons. The molecule has 0 radical (unpaired) electrons. The normalized spacial score (nSPS) is 12.2. The number of hydrogen-bond donors (Lipinski definition) is 2. The first-order valence-corrected chi connectivity index (χ1v) is 7.05. The molecule has 0 aromatic heterocycles. The van der Waals surface area contributed by atoms with Crippen LogP contribution in [0, 0.1) is 0 Å². The molecule has 1 rings (SSSR count). The maximum atomic E-state index is 12.3. The molecule has 0 fully saturated rings. The van der Waals surface area contributed by atoms with Crippen molar-refractivity contribution in [1.82, 2.24) is 5.32 Å². The average Bonchev–Trinajstić information content (AvgIpc) is 2.45. The van der Waals surface area contributed by atoms with Crippen LogP contribution in [0.15, 0.2) is 35.9 Å². The molecule has 0 aliphatic carbocycles. The van der Waals surface area contributed by atoms with Gasteiger partial charge in [-0.1, -0.05) is 11.6 Å². The summed E-state index contributed by atoms with van der Waals surface area (Å²) in [6.45, 7) is 4.05. The highest BCUT2D eigenvalue weighted by Crippen LogP contribution is 2.22. The number of carbonyl (C=O) groups is 2. The minimum absolute atomic E-state index is 0.0122. The zero-order valence-electron chi connectivity index (χ0n) is 13.2. The Bertz CT molecular complexity index is 622. The van der Waals surface area contributed by atoms with Crippen LogP contribution in [-0.4, -0.2) is 35.8 Å². The molecule has 0 aliphatic heterocycles. The van der Waals surface area contributed by atoms with E-state index >= 15 is 0 Å². The van der Waals surface area contributed by atoms with E-state index in [4.69, 9.17) is 9.84 Å². The number of amides is 1. The van der Waals surface area contributed by atoms with Gasteiger partial charge in [-0.25, -0.2) is 4.79 Å². The van der Waals surface area contributed by atoms with Crippen molar-refractivity contribution in [3.63, 3.8) is 0 Å². The lowest BCUT2D eigenvalue weighted by atomic mass is 10.1. The highest BCUT2D eigenvalue weighted by molar-refractivity contribution is 5.96. The molecule has 0 aliphatic rings. The van der Waals surface area contributed by atoms with Gasteiger partial charge < -0.3 is 15.2 Å². The van der Waals surface area contributed by atoms with Gasteiger partial charge in [0.1, 0.15) is 18.4 Å². The van der Waals surface area contributed by atoms with Crippen molar-refractivity contribution in [1.29, 1.82) is 0 Å². The fourth-order valence-electron chi connectivity index (χ4n) is 1.70. The predicted molar refractivity (Wildman–Crippen MR) is 80.9 cm³/mol. The molecule has 0 heterocycles. The first kappa shape index (κ1) is 19.5. The van der Waals surface area contributed by atoms with E-state index in [1.165, 1.54) is 18.2 Å². The number of carboxylic acid groups (broad SMARTS) is 1. The standard InChI is InChI=1S/C16H18F3NO4/c1-10(2)6-7-24-12-5-3-4-11(8-12)14(21)20-13(15(22)23)9-16(17,18)19/h3-6,8,13H,7,9H2,1-2H3,(H,20,21)(H,22,23). The van der Waals surface area contributed by atoms with Crippen LogP contribution in [0.5, 0.6) is 5.75 Å². The second kappa shape index (κ2) is 8.37. The van der Waals surface area contributed by atoms with Crippen LogP contribution in [-0.2, 0) is 4.79 Å². The van der Waals surface area contributed by atoms with Crippen LogP contribution in [0.4, 0.5) is 13.2 Å². The number of nitrogens with one attached hydrogen (secondary N) is 1. The summed E-state index contributed by atoms with van der Waals surface area (Å²) >= 11 is 0. The van der Waals surface area contributed by atoms with Crippen molar-refractivity contribution in [3.8, 4) is 5.75 Å². The van der Waals surface area contributed by atoms with Gasteiger partial charge in [-0.2, -0.15) is 13.2 Å². The number of aliphatic carboxylic acids is 1. The molecule has 1 aromatic carbocycles. The Hall–Kier alpha value is -2.51. The molecule has 5 nitrogen and oxygen atoms in total. The Morgan fingerprint density at radius 1 is 1.33 bits per heavy atom. The summed E-state index contributed by atoms with van der Waals surface area (Å²) in [4.78, 5) is 22.8. The fraction of sp³-hybridized carbons (Fsp3) is 0.375. The highest BCUT2D eigenvalue weighted by atomic mass is 19.4. The second-order valence-corrected chi connectivity index (χ2v) is 5.30. The van der Waals surface area contributed by atoms with Gasteiger partial charge in [0.25, 0.3) is 5.91 Å². The zero-order valence-corrected chi connectivity index (χ0v) is 13.2. The van der Waals surface area contributed by atoms with E-state index in [-0.39, 0.29) is 12.2 Å². The number of alkyl halides is 3. The Morgan fingerprint density at radius 3 is 2.54 bits per heavy atom. The monoisotopic (exact) mass is 345 g/mol. The number of allylic oxidation sites excluding steroid dienone is 1. The Labute approximate surface area is 137 Å². The van der Waals surface area contributed by atoms with E-state index < -0.39 is 30.5 Å². The first-order valence-electron chi connectivity index (χ1n) is 7.05. The van der Waals surface area contributed by atoms with Gasteiger partial charge in [0.2, 0.25) is 0 Å². The van der Waals surface area contributed by atoms with Crippen molar-refractivity contribution < 1.29 is 32.6 Å². The molecule has 2 N–H and O–H groups in total. The molecular weight excluding hydrogens is 327 g/mol. The summed E-state index contributed by atoms with van der Waals surface area (Å²) in [6.07, 6.45) is -4.53. The zero-order chi connectivity index (χ0) is 18.3. The smallest absolute Gasteiger partial charge is 0.391 e. The molecule has 0 saturated heterocycles. The summed E-state index contributed by atoms with van der Waals surface area (Å²) in [5, 5.41) is 10.7. The van der Waals surface area contributed by atoms with E-state index in [1.807, 2.05) is 25.2 Å². The number of halogens is 3. The minimum atomic E-state index is -4.70. The highest BCUT2D eigenvalue weighted by Gasteiger charge is 2.36. The third-order valence-electron chi connectivity index (χ3n) is 2.88.